The Bertz CT molecular complexity index is 903. The van der Waals surface area contributed by atoms with Crippen LogP contribution in [0, 0.1) is 0 Å². The van der Waals surface area contributed by atoms with Crippen molar-refractivity contribution >= 4 is 39.8 Å². The first kappa shape index (κ1) is 18.5. The number of fused-ring (bicyclic) bond motifs is 1. The molecular weight excluding hydrogens is 381 g/mol. The topological polar surface area (TPSA) is 31.5 Å². The van der Waals surface area contributed by atoms with Crippen LogP contribution in [0.15, 0.2) is 48.7 Å². The van der Waals surface area contributed by atoms with Gasteiger partial charge in [-0.1, -0.05) is 35.3 Å². The van der Waals surface area contributed by atoms with Gasteiger partial charge in [0, 0.05) is 49.8 Å². The zero-order valence-electron chi connectivity index (χ0n) is 15.1. The van der Waals surface area contributed by atoms with Crippen LogP contribution in [-0.4, -0.2) is 49.2 Å². The Labute approximate surface area is 169 Å². The highest BCUT2D eigenvalue weighted by Crippen LogP contribution is 2.32. The highest BCUT2D eigenvalue weighted by Gasteiger charge is 2.19. The lowest BCUT2D eigenvalue weighted by atomic mass is 10.2. The van der Waals surface area contributed by atoms with Crippen molar-refractivity contribution in [3.63, 3.8) is 0 Å². The zero-order chi connectivity index (χ0) is 18.6. The molecule has 3 aromatic rings. The minimum Gasteiger partial charge on any atom is -0.493 e. The molecule has 4 rings (SSSR count). The number of hydrogen-bond acceptors (Lipinski definition) is 3. The van der Waals surface area contributed by atoms with Gasteiger partial charge in [-0.05, 0) is 36.8 Å². The lowest BCUT2D eigenvalue weighted by Crippen LogP contribution is -2.46. The minimum atomic E-state index is 0.617. The van der Waals surface area contributed by atoms with Crippen molar-refractivity contribution in [3.8, 4) is 5.75 Å². The number of nitrogens with one attached hydrogen (secondary N) is 1. The summed E-state index contributed by atoms with van der Waals surface area (Å²) in [4.78, 5) is 8.01. The monoisotopic (exact) mass is 403 g/mol. The van der Waals surface area contributed by atoms with E-state index in [0.717, 1.165) is 68.1 Å². The average Bonchev–Trinajstić information content (AvgIpc) is 3.18. The largest absolute Gasteiger partial charge is 0.493 e. The molecule has 0 radical (unpaired) electrons. The first-order chi connectivity index (χ1) is 13.2. The maximum absolute atomic E-state index is 6.35. The Kier molecular flexibility index (Phi) is 5.77. The van der Waals surface area contributed by atoms with Gasteiger partial charge >= 0.3 is 0 Å². The van der Waals surface area contributed by atoms with Crippen LogP contribution in [0.25, 0.3) is 10.9 Å². The summed E-state index contributed by atoms with van der Waals surface area (Å²) < 4.78 is 6.00. The van der Waals surface area contributed by atoms with E-state index in [1.54, 1.807) is 0 Å². The van der Waals surface area contributed by atoms with Gasteiger partial charge in [0.25, 0.3) is 0 Å². The van der Waals surface area contributed by atoms with Gasteiger partial charge in [-0.15, -0.1) is 0 Å². The van der Waals surface area contributed by atoms with Gasteiger partial charge in [-0.2, -0.15) is 0 Å². The van der Waals surface area contributed by atoms with Gasteiger partial charge in [0.05, 0.1) is 22.3 Å². The van der Waals surface area contributed by atoms with E-state index in [4.69, 9.17) is 27.9 Å². The predicted molar refractivity (Wildman–Crippen MR) is 114 cm³/mol. The van der Waals surface area contributed by atoms with E-state index in [1.807, 2.05) is 36.5 Å². The van der Waals surface area contributed by atoms with Gasteiger partial charge in [-0.3, -0.25) is 4.90 Å². The maximum atomic E-state index is 6.35. The SMILES string of the molecule is Clc1cccc(N2CCN(CCCOc3cccc4[nH]ccc34)CC2)c1Cl. The highest BCUT2D eigenvalue weighted by atomic mass is 35.5. The molecule has 0 aliphatic carbocycles. The fourth-order valence-corrected chi connectivity index (χ4v) is 4.02. The van der Waals surface area contributed by atoms with Crippen molar-refractivity contribution in [3.05, 3.63) is 58.7 Å². The molecule has 142 valence electrons. The predicted octanol–water partition coefficient (Wildman–Crippen LogP) is 5.07. The van der Waals surface area contributed by atoms with E-state index in [0.29, 0.717) is 10.0 Å². The fourth-order valence-electron chi connectivity index (χ4n) is 3.60. The minimum absolute atomic E-state index is 0.617. The number of H-pyrrole nitrogens is 1. The van der Waals surface area contributed by atoms with Gasteiger partial charge in [0.1, 0.15) is 5.75 Å². The normalized spacial score (nSPS) is 15.4. The summed E-state index contributed by atoms with van der Waals surface area (Å²) in [6.45, 7) is 5.74. The molecule has 1 aliphatic rings. The van der Waals surface area contributed by atoms with Crippen LogP contribution in [-0.2, 0) is 0 Å². The highest BCUT2D eigenvalue weighted by molar-refractivity contribution is 6.43. The second-order valence-electron chi connectivity index (χ2n) is 6.80. The molecule has 0 spiro atoms. The first-order valence-corrected chi connectivity index (χ1v) is 10.1. The smallest absolute Gasteiger partial charge is 0.128 e. The number of piperazine rings is 1. The third kappa shape index (κ3) is 4.18. The van der Waals surface area contributed by atoms with Crippen LogP contribution in [0.5, 0.6) is 5.75 Å². The number of ether oxygens (including phenoxy) is 1. The number of rotatable bonds is 6. The molecule has 0 saturated carbocycles. The fraction of sp³-hybridized carbons (Fsp3) is 0.333. The van der Waals surface area contributed by atoms with E-state index in [1.165, 1.54) is 0 Å². The van der Waals surface area contributed by atoms with E-state index < -0.39 is 0 Å². The van der Waals surface area contributed by atoms with Crippen molar-refractivity contribution in [1.29, 1.82) is 0 Å². The molecule has 0 atom stereocenters. The van der Waals surface area contributed by atoms with Gasteiger partial charge in [-0.25, -0.2) is 0 Å². The number of aromatic amines is 1. The molecule has 4 nitrogen and oxygen atoms in total. The van der Waals surface area contributed by atoms with Crippen molar-refractivity contribution in [2.75, 3.05) is 44.2 Å². The Hall–Kier alpha value is -1.88. The Balaban J connectivity index is 1.23. The molecule has 1 saturated heterocycles. The maximum Gasteiger partial charge on any atom is 0.128 e. The van der Waals surface area contributed by atoms with Crippen LogP contribution < -0.4 is 9.64 Å². The molecule has 0 unspecified atom stereocenters. The summed E-state index contributed by atoms with van der Waals surface area (Å²) >= 11 is 12.5. The summed E-state index contributed by atoms with van der Waals surface area (Å²) in [5.74, 6) is 0.953. The Morgan fingerprint density at radius 2 is 1.78 bits per heavy atom. The Morgan fingerprint density at radius 1 is 0.963 bits per heavy atom. The van der Waals surface area contributed by atoms with Crippen LogP contribution in [0.4, 0.5) is 5.69 Å². The number of aromatic nitrogens is 1. The molecule has 1 N–H and O–H groups in total. The number of nitrogens with zero attached hydrogens (tertiary/aromatic N) is 2. The zero-order valence-corrected chi connectivity index (χ0v) is 16.6. The third-order valence-corrected chi connectivity index (χ3v) is 5.88. The second kappa shape index (κ2) is 8.42. The number of benzene rings is 2. The van der Waals surface area contributed by atoms with E-state index in [-0.39, 0.29) is 0 Å². The van der Waals surface area contributed by atoms with Crippen molar-refractivity contribution in [2.24, 2.45) is 0 Å². The summed E-state index contributed by atoms with van der Waals surface area (Å²) in [5.41, 5.74) is 2.15. The standard InChI is InChI=1S/C21H23Cl2N3O/c22-17-4-1-6-19(21(17)23)26-13-11-25(12-14-26)10-3-15-27-20-7-2-5-18-16(20)8-9-24-18/h1-2,4-9,24H,3,10-15H2. The lowest BCUT2D eigenvalue weighted by molar-refractivity contribution is 0.225. The molecule has 1 aromatic heterocycles. The lowest BCUT2D eigenvalue weighted by Gasteiger charge is -2.36. The number of halogens is 2. The summed E-state index contributed by atoms with van der Waals surface area (Å²) in [6, 6.07) is 14.0. The van der Waals surface area contributed by atoms with E-state index in [9.17, 15) is 0 Å². The van der Waals surface area contributed by atoms with Crippen LogP contribution in [0.3, 0.4) is 0 Å². The van der Waals surface area contributed by atoms with Crippen molar-refractivity contribution in [1.82, 2.24) is 9.88 Å². The quantitative estimate of drug-likeness (QED) is 0.583. The molecule has 1 fully saturated rings. The van der Waals surface area contributed by atoms with Crippen LogP contribution >= 0.6 is 23.2 Å². The average molecular weight is 404 g/mol. The van der Waals surface area contributed by atoms with Gasteiger partial charge in [0.15, 0.2) is 0 Å². The summed E-state index contributed by atoms with van der Waals surface area (Å²) in [6.07, 6.45) is 2.96. The number of hydrogen-bond donors (Lipinski definition) is 1. The molecule has 6 heteroatoms. The van der Waals surface area contributed by atoms with Crippen LogP contribution in [0.1, 0.15) is 6.42 Å². The molecule has 0 amide bonds. The van der Waals surface area contributed by atoms with Gasteiger partial charge in [0.2, 0.25) is 0 Å². The Morgan fingerprint density at radius 3 is 2.63 bits per heavy atom. The summed E-state index contributed by atoms with van der Waals surface area (Å²) in [5, 5.41) is 2.41. The number of anilines is 1. The van der Waals surface area contributed by atoms with Crippen LogP contribution in [0.2, 0.25) is 10.0 Å². The van der Waals surface area contributed by atoms with Crippen molar-refractivity contribution < 1.29 is 4.74 Å². The second-order valence-corrected chi connectivity index (χ2v) is 7.58. The van der Waals surface area contributed by atoms with Crippen molar-refractivity contribution in [2.45, 2.75) is 6.42 Å². The molecule has 0 bridgehead atoms. The molecule has 1 aliphatic heterocycles. The summed E-state index contributed by atoms with van der Waals surface area (Å²) in [7, 11) is 0. The van der Waals surface area contributed by atoms with E-state index in [2.05, 4.69) is 26.9 Å². The first-order valence-electron chi connectivity index (χ1n) is 9.32. The third-order valence-electron chi connectivity index (χ3n) is 5.08. The van der Waals surface area contributed by atoms with E-state index >= 15 is 0 Å². The molecule has 27 heavy (non-hydrogen) atoms. The van der Waals surface area contributed by atoms with Gasteiger partial charge < -0.3 is 14.6 Å². The molecule has 2 heterocycles. The molecular formula is C21H23Cl2N3O. The molecule has 2 aromatic carbocycles.